The summed E-state index contributed by atoms with van der Waals surface area (Å²) < 4.78 is 0. The number of rotatable bonds is 7. The maximum Gasteiger partial charge on any atom is 0.0363 e. The molecule has 18 heavy (non-hydrogen) atoms. The average Bonchev–Trinajstić information content (AvgIpc) is 2.29. The molecule has 2 heteroatoms. The summed E-state index contributed by atoms with van der Waals surface area (Å²) in [6.07, 6.45) is 3.64. The Morgan fingerprint density at radius 2 is 1.72 bits per heavy atom. The van der Waals surface area contributed by atoms with E-state index >= 15 is 0 Å². The first kappa shape index (κ1) is 15.0. The summed E-state index contributed by atoms with van der Waals surface area (Å²) in [6.45, 7) is 7.65. The summed E-state index contributed by atoms with van der Waals surface area (Å²) in [5.41, 5.74) is 8.40. The van der Waals surface area contributed by atoms with E-state index < -0.39 is 0 Å². The van der Waals surface area contributed by atoms with Crippen molar-refractivity contribution in [2.24, 2.45) is 11.7 Å². The Labute approximate surface area is 112 Å². The van der Waals surface area contributed by atoms with Crippen molar-refractivity contribution >= 4 is 5.69 Å². The zero-order chi connectivity index (χ0) is 13.5. The van der Waals surface area contributed by atoms with Crippen LogP contribution < -0.4 is 10.6 Å². The molecule has 1 aromatic rings. The molecule has 0 amide bonds. The maximum absolute atomic E-state index is 5.77. The summed E-state index contributed by atoms with van der Waals surface area (Å²) in [5, 5.41) is 0. The Morgan fingerprint density at radius 3 is 2.28 bits per heavy atom. The number of aryl methyl sites for hydroxylation is 1. The van der Waals surface area contributed by atoms with Crippen molar-refractivity contribution in [1.29, 1.82) is 0 Å². The van der Waals surface area contributed by atoms with Crippen LogP contribution >= 0.6 is 0 Å². The molecule has 0 spiro atoms. The first-order valence-corrected chi connectivity index (χ1v) is 7.02. The average molecular weight is 248 g/mol. The predicted molar refractivity (Wildman–Crippen MR) is 81.1 cm³/mol. The molecule has 0 heterocycles. The first-order valence-electron chi connectivity index (χ1n) is 7.02. The van der Waals surface area contributed by atoms with Crippen molar-refractivity contribution in [2.45, 2.75) is 46.1 Å². The topological polar surface area (TPSA) is 29.3 Å². The van der Waals surface area contributed by atoms with Gasteiger partial charge in [0, 0.05) is 25.3 Å². The zero-order valence-electron chi connectivity index (χ0n) is 12.3. The van der Waals surface area contributed by atoms with Crippen LogP contribution in [0.2, 0.25) is 0 Å². The number of nitrogens with two attached hydrogens (primary N) is 1. The zero-order valence-corrected chi connectivity index (χ0v) is 12.3. The third-order valence-electron chi connectivity index (χ3n) is 3.42. The maximum atomic E-state index is 5.77. The SMILES string of the molecule is Cc1ccc(N(C)CC(C)CCCC(C)N)cc1. The van der Waals surface area contributed by atoms with Crippen LogP contribution in [-0.2, 0) is 0 Å². The Hall–Kier alpha value is -1.02. The van der Waals surface area contributed by atoms with Gasteiger partial charge in [-0.1, -0.05) is 31.0 Å². The minimum absolute atomic E-state index is 0.340. The van der Waals surface area contributed by atoms with Crippen LogP contribution in [0.4, 0.5) is 5.69 Å². The number of nitrogens with zero attached hydrogens (tertiary/aromatic N) is 1. The van der Waals surface area contributed by atoms with Gasteiger partial charge in [-0.3, -0.25) is 0 Å². The summed E-state index contributed by atoms with van der Waals surface area (Å²) in [7, 11) is 2.17. The van der Waals surface area contributed by atoms with Gasteiger partial charge in [-0.2, -0.15) is 0 Å². The molecule has 0 fully saturated rings. The van der Waals surface area contributed by atoms with Gasteiger partial charge in [-0.05, 0) is 44.7 Å². The Morgan fingerprint density at radius 1 is 1.11 bits per heavy atom. The van der Waals surface area contributed by atoms with Crippen molar-refractivity contribution in [2.75, 3.05) is 18.5 Å². The van der Waals surface area contributed by atoms with Gasteiger partial charge in [0.1, 0.15) is 0 Å². The van der Waals surface area contributed by atoms with Crippen molar-refractivity contribution < 1.29 is 0 Å². The highest BCUT2D eigenvalue weighted by molar-refractivity contribution is 5.46. The molecule has 0 bridgehead atoms. The molecule has 2 nitrogen and oxygen atoms in total. The largest absolute Gasteiger partial charge is 0.374 e. The normalized spacial score (nSPS) is 14.3. The number of benzene rings is 1. The van der Waals surface area contributed by atoms with Gasteiger partial charge in [0.15, 0.2) is 0 Å². The molecule has 0 aliphatic rings. The standard InChI is InChI=1S/C16H28N2/c1-13-8-10-16(11-9-13)18(4)12-14(2)6-5-7-15(3)17/h8-11,14-15H,5-7,12,17H2,1-4H3. The smallest absolute Gasteiger partial charge is 0.0363 e. The first-order chi connectivity index (χ1) is 8.49. The summed E-state index contributed by atoms with van der Waals surface area (Å²) in [4.78, 5) is 2.34. The van der Waals surface area contributed by atoms with Crippen LogP contribution in [0.5, 0.6) is 0 Å². The van der Waals surface area contributed by atoms with E-state index in [0.29, 0.717) is 6.04 Å². The number of hydrogen-bond donors (Lipinski definition) is 1. The molecule has 0 saturated heterocycles. The van der Waals surface area contributed by atoms with E-state index in [9.17, 15) is 0 Å². The fraction of sp³-hybridized carbons (Fsp3) is 0.625. The van der Waals surface area contributed by atoms with E-state index in [0.717, 1.165) is 18.9 Å². The van der Waals surface area contributed by atoms with Gasteiger partial charge in [0.05, 0.1) is 0 Å². The summed E-state index contributed by atoms with van der Waals surface area (Å²) >= 11 is 0. The molecule has 0 radical (unpaired) electrons. The monoisotopic (exact) mass is 248 g/mol. The molecular formula is C16H28N2. The van der Waals surface area contributed by atoms with Crippen molar-refractivity contribution in [3.63, 3.8) is 0 Å². The second kappa shape index (κ2) is 7.42. The second-order valence-corrected chi connectivity index (χ2v) is 5.73. The van der Waals surface area contributed by atoms with Crippen LogP contribution in [0.1, 0.15) is 38.7 Å². The molecule has 0 aliphatic carbocycles. The second-order valence-electron chi connectivity index (χ2n) is 5.73. The van der Waals surface area contributed by atoms with E-state index in [-0.39, 0.29) is 0 Å². The summed E-state index contributed by atoms with van der Waals surface area (Å²) in [5.74, 6) is 0.718. The molecule has 2 N–H and O–H groups in total. The van der Waals surface area contributed by atoms with Gasteiger partial charge in [0.25, 0.3) is 0 Å². The van der Waals surface area contributed by atoms with Gasteiger partial charge in [-0.25, -0.2) is 0 Å². The molecule has 0 saturated carbocycles. The molecule has 102 valence electrons. The lowest BCUT2D eigenvalue weighted by Crippen LogP contribution is -2.24. The highest BCUT2D eigenvalue weighted by Crippen LogP contribution is 2.17. The van der Waals surface area contributed by atoms with Crippen molar-refractivity contribution in [3.05, 3.63) is 29.8 Å². The minimum atomic E-state index is 0.340. The van der Waals surface area contributed by atoms with Crippen LogP contribution in [0.3, 0.4) is 0 Å². The van der Waals surface area contributed by atoms with Gasteiger partial charge in [0.2, 0.25) is 0 Å². The lowest BCUT2D eigenvalue weighted by Gasteiger charge is -2.23. The third kappa shape index (κ3) is 5.54. The molecule has 0 aromatic heterocycles. The van der Waals surface area contributed by atoms with Gasteiger partial charge < -0.3 is 10.6 Å². The highest BCUT2D eigenvalue weighted by Gasteiger charge is 2.07. The quantitative estimate of drug-likeness (QED) is 0.799. The van der Waals surface area contributed by atoms with E-state index in [1.165, 1.54) is 24.1 Å². The van der Waals surface area contributed by atoms with E-state index in [1.54, 1.807) is 0 Å². The highest BCUT2D eigenvalue weighted by atomic mass is 15.1. The van der Waals surface area contributed by atoms with E-state index in [2.05, 4.69) is 57.0 Å². The van der Waals surface area contributed by atoms with Crippen LogP contribution in [0, 0.1) is 12.8 Å². The molecule has 1 rings (SSSR count). The fourth-order valence-corrected chi connectivity index (χ4v) is 2.25. The fourth-order valence-electron chi connectivity index (χ4n) is 2.25. The van der Waals surface area contributed by atoms with E-state index in [4.69, 9.17) is 5.73 Å². The van der Waals surface area contributed by atoms with Gasteiger partial charge >= 0.3 is 0 Å². The summed E-state index contributed by atoms with van der Waals surface area (Å²) in [6, 6.07) is 9.08. The minimum Gasteiger partial charge on any atom is -0.374 e. The number of anilines is 1. The Bertz CT molecular complexity index is 329. The molecular weight excluding hydrogens is 220 g/mol. The Kier molecular flexibility index (Phi) is 6.20. The van der Waals surface area contributed by atoms with Crippen LogP contribution in [0.25, 0.3) is 0 Å². The lowest BCUT2D eigenvalue weighted by molar-refractivity contribution is 0.481. The van der Waals surface area contributed by atoms with Crippen molar-refractivity contribution in [3.8, 4) is 0 Å². The third-order valence-corrected chi connectivity index (χ3v) is 3.42. The molecule has 1 aromatic carbocycles. The van der Waals surface area contributed by atoms with Crippen molar-refractivity contribution in [1.82, 2.24) is 0 Å². The van der Waals surface area contributed by atoms with Gasteiger partial charge in [-0.15, -0.1) is 0 Å². The van der Waals surface area contributed by atoms with E-state index in [1.807, 2.05) is 0 Å². The lowest BCUT2D eigenvalue weighted by atomic mass is 10.0. The predicted octanol–water partition coefficient (Wildman–Crippen LogP) is 3.58. The van der Waals surface area contributed by atoms with Crippen LogP contribution in [-0.4, -0.2) is 19.6 Å². The van der Waals surface area contributed by atoms with Crippen LogP contribution in [0.15, 0.2) is 24.3 Å². The molecule has 2 atom stereocenters. The molecule has 0 aliphatic heterocycles. The Balaban J connectivity index is 2.34. The number of hydrogen-bond acceptors (Lipinski definition) is 2. The molecule has 2 unspecified atom stereocenters.